The molecule has 0 atom stereocenters. The number of hydrogen-bond acceptors (Lipinski definition) is 1. The van der Waals surface area contributed by atoms with E-state index in [2.05, 4.69) is 34.3 Å². The van der Waals surface area contributed by atoms with E-state index >= 15 is 0 Å². The molecule has 108 valence electrons. The first-order chi connectivity index (χ1) is 9.83. The highest BCUT2D eigenvalue weighted by Crippen LogP contribution is 2.21. The van der Waals surface area contributed by atoms with Crippen molar-refractivity contribution in [3.63, 3.8) is 0 Å². The normalized spacial score (nSPS) is 16.9. The van der Waals surface area contributed by atoms with Gasteiger partial charge in [0.2, 0.25) is 0 Å². The Kier molecular flexibility index (Phi) is 4.64. The van der Waals surface area contributed by atoms with Crippen LogP contribution in [0.1, 0.15) is 38.5 Å². The Morgan fingerprint density at radius 2 is 2.00 bits per heavy atom. The van der Waals surface area contributed by atoms with Gasteiger partial charge in [-0.3, -0.25) is 0 Å². The quantitative estimate of drug-likeness (QED) is 0.796. The molecule has 0 bridgehead atoms. The molecular weight excluding hydrogens is 268 g/mol. The number of hydrogen-bond donors (Lipinski definition) is 1. The highest BCUT2D eigenvalue weighted by molar-refractivity contribution is 6.31. The smallest absolute Gasteiger partial charge is 0.0495 e. The van der Waals surface area contributed by atoms with Crippen molar-refractivity contribution in [2.24, 2.45) is 0 Å². The number of aryl methyl sites for hydroxylation is 1. The van der Waals surface area contributed by atoms with Gasteiger partial charge in [-0.05, 0) is 49.4 Å². The number of nitrogens with one attached hydrogen (secondary N) is 1. The third-order valence-electron chi connectivity index (χ3n) is 4.35. The molecule has 1 fully saturated rings. The lowest BCUT2D eigenvalue weighted by atomic mass is 9.95. The first kappa shape index (κ1) is 14.0. The Morgan fingerprint density at radius 3 is 2.85 bits per heavy atom. The molecule has 1 aromatic carbocycles. The number of nitrogens with zero attached hydrogens (tertiary/aromatic N) is 1. The molecule has 20 heavy (non-hydrogen) atoms. The van der Waals surface area contributed by atoms with Gasteiger partial charge < -0.3 is 9.88 Å². The highest BCUT2D eigenvalue weighted by atomic mass is 35.5. The predicted octanol–water partition coefficient (Wildman–Crippen LogP) is 4.61. The van der Waals surface area contributed by atoms with E-state index in [-0.39, 0.29) is 0 Å². The first-order valence-electron chi connectivity index (χ1n) is 7.81. The van der Waals surface area contributed by atoms with Crippen LogP contribution >= 0.6 is 11.6 Å². The number of benzene rings is 1. The molecule has 1 aliphatic carbocycles. The topological polar surface area (TPSA) is 17.0 Å². The van der Waals surface area contributed by atoms with Gasteiger partial charge in [0.25, 0.3) is 0 Å². The Labute approximate surface area is 126 Å². The van der Waals surface area contributed by atoms with E-state index in [4.69, 9.17) is 11.6 Å². The van der Waals surface area contributed by atoms with Crippen molar-refractivity contribution in [3.05, 3.63) is 35.5 Å². The van der Waals surface area contributed by atoms with Gasteiger partial charge in [-0.2, -0.15) is 0 Å². The van der Waals surface area contributed by atoms with Crippen LogP contribution in [-0.2, 0) is 6.54 Å². The maximum atomic E-state index is 6.08. The lowest BCUT2D eigenvalue weighted by Gasteiger charge is -2.22. The van der Waals surface area contributed by atoms with Crippen LogP contribution in [0.15, 0.2) is 30.5 Å². The molecule has 3 rings (SSSR count). The summed E-state index contributed by atoms with van der Waals surface area (Å²) in [6.45, 7) is 2.18. The Hall–Kier alpha value is -0.990. The zero-order valence-corrected chi connectivity index (χ0v) is 12.7. The van der Waals surface area contributed by atoms with Crippen LogP contribution in [0.3, 0.4) is 0 Å². The highest BCUT2D eigenvalue weighted by Gasteiger charge is 2.11. The van der Waals surface area contributed by atoms with Crippen molar-refractivity contribution >= 4 is 22.5 Å². The second kappa shape index (κ2) is 6.64. The minimum atomic E-state index is 0.764. The predicted molar refractivity (Wildman–Crippen MR) is 86.4 cm³/mol. The van der Waals surface area contributed by atoms with Crippen molar-refractivity contribution in [1.82, 2.24) is 9.88 Å². The van der Waals surface area contributed by atoms with Gasteiger partial charge in [0.15, 0.2) is 0 Å². The molecule has 0 saturated heterocycles. The van der Waals surface area contributed by atoms with E-state index in [9.17, 15) is 0 Å². The lowest BCUT2D eigenvalue weighted by molar-refractivity contribution is 0.369. The first-order valence-corrected chi connectivity index (χ1v) is 8.18. The monoisotopic (exact) mass is 290 g/mol. The molecule has 1 saturated carbocycles. The zero-order chi connectivity index (χ0) is 13.8. The average molecular weight is 291 g/mol. The van der Waals surface area contributed by atoms with E-state index in [1.165, 1.54) is 49.4 Å². The molecule has 1 N–H and O–H groups in total. The molecule has 3 heteroatoms. The van der Waals surface area contributed by atoms with Gasteiger partial charge in [0, 0.05) is 29.3 Å². The van der Waals surface area contributed by atoms with Gasteiger partial charge in [-0.1, -0.05) is 36.9 Å². The largest absolute Gasteiger partial charge is 0.347 e. The van der Waals surface area contributed by atoms with Crippen molar-refractivity contribution in [3.8, 4) is 0 Å². The van der Waals surface area contributed by atoms with Gasteiger partial charge in [-0.15, -0.1) is 0 Å². The number of fused-ring (bicyclic) bond motifs is 1. The van der Waals surface area contributed by atoms with Crippen LogP contribution in [0, 0.1) is 0 Å². The minimum Gasteiger partial charge on any atom is -0.347 e. The van der Waals surface area contributed by atoms with Gasteiger partial charge in [0.1, 0.15) is 0 Å². The fraction of sp³-hybridized carbons (Fsp3) is 0.529. The average Bonchev–Trinajstić information content (AvgIpc) is 2.87. The number of halogens is 1. The van der Waals surface area contributed by atoms with Crippen molar-refractivity contribution < 1.29 is 0 Å². The molecule has 2 aromatic rings. The van der Waals surface area contributed by atoms with E-state index in [0.717, 1.165) is 24.2 Å². The number of aromatic nitrogens is 1. The Balaban J connectivity index is 1.50. The summed E-state index contributed by atoms with van der Waals surface area (Å²) in [5, 5.41) is 5.79. The third-order valence-corrected chi connectivity index (χ3v) is 4.59. The fourth-order valence-corrected chi connectivity index (χ4v) is 3.38. The summed E-state index contributed by atoms with van der Waals surface area (Å²) in [4.78, 5) is 0. The summed E-state index contributed by atoms with van der Waals surface area (Å²) < 4.78 is 2.31. The van der Waals surface area contributed by atoms with Crippen LogP contribution in [0.4, 0.5) is 0 Å². The van der Waals surface area contributed by atoms with E-state index in [1.807, 2.05) is 6.07 Å². The van der Waals surface area contributed by atoms with Gasteiger partial charge in [-0.25, -0.2) is 0 Å². The SMILES string of the molecule is Clc1ccc2ccn(CCCNC3CCCCC3)c2c1. The van der Waals surface area contributed by atoms with Gasteiger partial charge in [0.05, 0.1) is 0 Å². The van der Waals surface area contributed by atoms with Crippen LogP contribution in [0.5, 0.6) is 0 Å². The molecule has 1 aliphatic rings. The third kappa shape index (κ3) is 3.36. The molecule has 0 aliphatic heterocycles. The molecule has 0 amide bonds. The summed E-state index contributed by atoms with van der Waals surface area (Å²) in [7, 11) is 0. The number of rotatable bonds is 5. The molecule has 2 nitrogen and oxygen atoms in total. The van der Waals surface area contributed by atoms with E-state index in [1.54, 1.807) is 0 Å². The molecular formula is C17H23ClN2. The van der Waals surface area contributed by atoms with Gasteiger partial charge >= 0.3 is 0 Å². The molecule has 0 spiro atoms. The van der Waals surface area contributed by atoms with Crippen LogP contribution in [0.25, 0.3) is 10.9 Å². The van der Waals surface area contributed by atoms with Crippen LogP contribution < -0.4 is 5.32 Å². The van der Waals surface area contributed by atoms with Crippen molar-refractivity contribution in [2.45, 2.75) is 51.1 Å². The minimum absolute atomic E-state index is 0.764. The van der Waals surface area contributed by atoms with E-state index < -0.39 is 0 Å². The summed E-state index contributed by atoms with van der Waals surface area (Å²) in [6, 6.07) is 9.04. The second-order valence-electron chi connectivity index (χ2n) is 5.85. The van der Waals surface area contributed by atoms with Crippen molar-refractivity contribution in [2.75, 3.05) is 6.54 Å². The lowest BCUT2D eigenvalue weighted by Crippen LogP contribution is -2.32. The van der Waals surface area contributed by atoms with Crippen molar-refractivity contribution in [1.29, 1.82) is 0 Å². The Bertz CT molecular complexity index is 555. The van der Waals surface area contributed by atoms with Crippen LogP contribution in [0.2, 0.25) is 5.02 Å². The Morgan fingerprint density at radius 1 is 1.15 bits per heavy atom. The molecule has 0 radical (unpaired) electrons. The molecule has 1 aromatic heterocycles. The molecule has 1 heterocycles. The van der Waals surface area contributed by atoms with E-state index in [0.29, 0.717) is 0 Å². The van der Waals surface area contributed by atoms with Crippen LogP contribution in [-0.4, -0.2) is 17.2 Å². The molecule has 0 unspecified atom stereocenters. The fourth-order valence-electron chi connectivity index (χ4n) is 3.21. The standard InChI is InChI=1S/C17H23ClN2/c18-15-8-7-14-9-12-20(17(14)13-15)11-4-10-19-16-5-2-1-3-6-16/h7-9,12-13,16,19H,1-6,10-11H2. The summed E-state index contributed by atoms with van der Waals surface area (Å²) in [6.07, 6.45) is 10.3. The summed E-state index contributed by atoms with van der Waals surface area (Å²) in [5.41, 5.74) is 1.25. The zero-order valence-electron chi connectivity index (χ0n) is 11.9. The maximum Gasteiger partial charge on any atom is 0.0495 e. The summed E-state index contributed by atoms with van der Waals surface area (Å²) in [5.74, 6) is 0. The maximum absolute atomic E-state index is 6.08. The summed E-state index contributed by atoms with van der Waals surface area (Å²) >= 11 is 6.08. The second-order valence-corrected chi connectivity index (χ2v) is 6.29.